The first kappa shape index (κ1) is 16.0. The first-order valence-electron chi connectivity index (χ1n) is 8.65. The third-order valence-electron chi connectivity index (χ3n) is 4.99. The Morgan fingerprint density at radius 1 is 1.24 bits per heavy atom. The lowest BCUT2D eigenvalue weighted by atomic mass is 10.0. The Balaban J connectivity index is 1.42. The van der Waals surface area contributed by atoms with Gasteiger partial charge in [-0.1, -0.05) is 0 Å². The largest absolute Gasteiger partial charge is 0.383 e. The number of aromatic nitrogens is 3. The molecule has 1 saturated carbocycles. The molecule has 2 aromatic heterocycles. The van der Waals surface area contributed by atoms with Crippen LogP contribution in [0.1, 0.15) is 23.3 Å². The van der Waals surface area contributed by atoms with E-state index in [0.29, 0.717) is 24.8 Å². The topological polar surface area (TPSA) is 80.2 Å². The molecule has 1 amide bonds. The molecule has 2 fully saturated rings. The first-order chi connectivity index (χ1) is 12.3. The minimum absolute atomic E-state index is 0.0488. The van der Waals surface area contributed by atoms with Gasteiger partial charge >= 0.3 is 0 Å². The summed E-state index contributed by atoms with van der Waals surface area (Å²) in [5.74, 6) is 0.329. The summed E-state index contributed by atoms with van der Waals surface area (Å²) < 4.78 is 6.03. The van der Waals surface area contributed by atoms with Gasteiger partial charge in [0.15, 0.2) is 0 Å². The van der Waals surface area contributed by atoms with Crippen LogP contribution in [0.5, 0.6) is 0 Å². The van der Waals surface area contributed by atoms with Gasteiger partial charge in [-0.2, -0.15) is 0 Å². The fraction of sp³-hybridized carbons (Fsp3) is 0.444. The van der Waals surface area contributed by atoms with E-state index in [1.807, 2.05) is 23.2 Å². The van der Waals surface area contributed by atoms with E-state index in [0.717, 1.165) is 25.1 Å². The molecule has 7 nitrogen and oxygen atoms in total. The van der Waals surface area contributed by atoms with Gasteiger partial charge in [0.05, 0.1) is 30.6 Å². The number of hydrogen-bond acceptors (Lipinski definition) is 6. The van der Waals surface area contributed by atoms with E-state index in [1.54, 1.807) is 18.6 Å². The molecule has 1 aliphatic heterocycles. The molecule has 4 rings (SSSR count). The molecule has 1 N–H and O–H groups in total. The molecule has 0 bridgehead atoms. The number of anilines is 1. The van der Waals surface area contributed by atoms with Crippen molar-refractivity contribution in [3.8, 4) is 0 Å². The predicted octanol–water partition coefficient (Wildman–Crippen LogP) is 1.60. The zero-order valence-corrected chi connectivity index (χ0v) is 13.9. The van der Waals surface area contributed by atoms with E-state index in [9.17, 15) is 4.79 Å². The van der Waals surface area contributed by atoms with E-state index in [2.05, 4.69) is 20.3 Å². The molecule has 3 heterocycles. The number of ether oxygens (including phenoxy) is 1. The van der Waals surface area contributed by atoms with Crippen molar-refractivity contribution in [2.45, 2.75) is 25.0 Å². The number of carbonyl (C=O) groups is 1. The number of amides is 1. The van der Waals surface area contributed by atoms with Gasteiger partial charge in [-0.3, -0.25) is 14.8 Å². The van der Waals surface area contributed by atoms with Crippen LogP contribution in [-0.4, -0.2) is 57.6 Å². The van der Waals surface area contributed by atoms with Crippen LogP contribution in [-0.2, 0) is 4.74 Å². The van der Waals surface area contributed by atoms with E-state index in [4.69, 9.17) is 4.74 Å². The molecular formula is C18H21N5O2. The third-order valence-corrected chi connectivity index (χ3v) is 4.99. The lowest BCUT2D eigenvalue weighted by molar-refractivity contribution is -0.0603. The van der Waals surface area contributed by atoms with Gasteiger partial charge in [0.25, 0.3) is 5.91 Å². The van der Waals surface area contributed by atoms with Crippen LogP contribution in [0.3, 0.4) is 0 Å². The second kappa shape index (κ2) is 7.14. The van der Waals surface area contributed by atoms with Crippen LogP contribution in [0.25, 0.3) is 0 Å². The van der Waals surface area contributed by atoms with Gasteiger partial charge in [0, 0.05) is 43.8 Å². The molecule has 2 aliphatic rings. The van der Waals surface area contributed by atoms with Gasteiger partial charge < -0.3 is 15.0 Å². The van der Waals surface area contributed by atoms with Crippen molar-refractivity contribution in [2.24, 2.45) is 5.92 Å². The molecule has 1 saturated heterocycles. The molecule has 0 spiro atoms. The monoisotopic (exact) mass is 339 g/mol. The first-order valence-corrected chi connectivity index (χ1v) is 8.65. The maximum absolute atomic E-state index is 12.8. The Morgan fingerprint density at radius 2 is 2.16 bits per heavy atom. The quantitative estimate of drug-likeness (QED) is 0.911. The van der Waals surface area contributed by atoms with E-state index in [-0.39, 0.29) is 18.1 Å². The Labute approximate surface area is 146 Å². The molecular weight excluding hydrogens is 318 g/mol. The van der Waals surface area contributed by atoms with Crippen molar-refractivity contribution in [2.75, 3.05) is 25.0 Å². The molecule has 2 aromatic rings. The Morgan fingerprint density at radius 3 is 2.96 bits per heavy atom. The highest BCUT2D eigenvalue weighted by Gasteiger charge is 2.44. The van der Waals surface area contributed by atoms with Crippen molar-refractivity contribution < 1.29 is 9.53 Å². The Hall–Kier alpha value is -2.54. The lowest BCUT2D eigenvalue weighted by Crippen LogP contribution is -2.53. The van der Waals surface area contributed by atoms with Gasteiger partial charge in [-0.05, 0) is 25.0 Å². The summed E-state index contributed by atoms with van der Waals surface area (Å²) in [7, 11) is 0. The van der Waals surface area contributed by atoms with Crippen LogP contribution in [0, 0.1) is 5.92 Å². The molecule has 3 atom stereocenters. The summed E-state index contributed by atoms with van der Waals surface area (Å²) in [4.78, 5) is 27.0. The summed E-state index contributed by atoms with van der Waals surface area (Å²) in [6, 6.07) is 4.03. The van der Waals surface area contributed by atoms with Gasteiger partial charge in [0.2, 0.25) is 0 Å². The molecule has 0 radical (unpaired) electrons. The zero-order valence-electron chi connectivity index (χ0n) is 13.9. The van der Waals surface area contributed by atoms with Crippen LogP contribution >= 0.6 is 0 Å². The second-order valence-electron chi connectivity index (χ2n) is 6.45. The van der Waals surface area contributed by atoms with Crippen LogP contribution in [0.2, 0.25) is 0 Å². The highest BCUT2D eigenvalue weighted by Crippen LogP contribution is 2.35. The number of hydrogen-bond donors (Lipinski definition) is 1. The minimum atomic E-state index is -0.0488. The van der Waals surface area contributed by atoms with Crippen LogP contribution in [0.15, 0.2) is 43.1 Å². The number of carbonyl (C=O) groups excluding carboxylic acids is 1. The minimum Gasteiger partial charge on any atom is -0.383 e. The average Bonchev–Trinajstić information content (AvgIpc) is 3.10. The summed E-state index contributed by atoms with van der Waals surface area (Å²) in [5.41, 5.74) is 1.41. The number of rotatable bonds is 4. The lowest BCUT2D eigenvalue weighted by Gasteiger charge is -2.39. The second-order valence-corrected chi connectivity index (χ2v) is 6.45. The number of pyridine rings is 1. The van der Waals surface area contributed by atoms with Crippen molar-refractivity contribution in [1.29, 1.82) is 0 Å². The summed E-state index contributed by atoms with van der Waals surface area (Å²) in [6.07, 6.45) is 10.3. The van der Waals surface area contributed by atoms with Crippen LogP contribution in [0.4, 0.5) is 5.69 Å². The molecule has 0 unspecified atom stereocenters. The predicted molar refractivity (Wildman–Crippen MR) is 92.0 cm³/mol. The highest BCUT2D eigenvalue weighted by molar-refractivity contribution is 5.92. The zero-order chi connectivity index (χ0) is 17.1. The van der Waals surface area contributed by atoms with Crippen molar-refractivity contribution in [3.63, 3.8) is 0 Å². The maximum Gasteiger partial charge on any atom is 0.274 e. The third kappa shape index (κ3) is 3.32. The maximum atomic E-state index is 12.8. The number of fused-ring (bicyclic) bond motifs is 1. The molecule has 7 heteroatoms. The smallest absolute Gasteiger partial charge is 0.274 e. The molecule has 0 aromatic carbocycles. The number of nitrogens with zero attached hydrogens (tertiary/aromatic N) is 4. The van der Waals surface area contributed by atoms with E-state index < -0.39 is 0 Å². The van der Waals surface area contributed by atoms with Gasteiger partial charge in [-0.25, -0.2) is 4.98 Å². The molecule has 130 valence electrons. The average molecular weight is 339 g/mol. The Bertz CT molecular complexity index is 712. The standard InChI is InChI=1S/C18H21N5O2/c24-18(15-12-20-6-7-21-15)23-8-9-25-17-13(3-4-16(17)23)10-22-14-2-1-5-19-11-14/h1-2,5-7,11-13,16-17,22H,3-4,8-10H2/t13-,16+,17-/m1/s1. The van der Waals surface area contributed by atoms with Gasteiger partial charge in [0.1, 0.15) is 5.69 Å². The normalized spacial score (nSPS) is 25.4. The van der Waals surface area contributed by atoms with E-state index in [1.165, 1.54) is 6.20 Å². The number of morpholine rings is 1. The van der Waals surface area contributed by atoms with Crippen molar-refractivity contribution in [3.05, 3.63) is 48.8 Å². The summed E-state index contributed by atoms with van der Waals surface area (Å²) in [6.45, 7) is 2.00. The SMILES string of the molecule is O=C(c1cnccn1)N1CCO[C@@H]2[C@@H](CNc3cccnc3)CC[C@@H]21. The van der Waals surface area contributed by atoms with Gasteiger partial charge in [-0.15, -0.1) is 0 Å². The molecule has 1 aliphatic carbocycles. The number of nitrogens with one attached hydrogen (secondary N) is 1. The van der Waals surface area contributed by atoms with Crippen molar-refractivity contribution >= 4 is 11.6 Å². The van der Waals surface area contributed by atoms with E-state index >= 15 is 0 Å². The highest BCUT2D eigenvalue weighted by atomic mass is 16.5. The summed E-state index contributed by atoms with van der Waals surface area (Å²) in [5, 5.41) is 3.43. The fourth-order valence-corrected chi connectivity index (χ4v) is 3.80. The molecule has 25 heavy (non-hydrogen) atoms. The van der Waals surface area contributed by atoms with Crippen LogP contribution < -0.4 is 5.32 Å². The summed E-state index contributed by atoms with van der Waals surface area (Å²) >= 11 is 0. The Kier molecular flexibility index (Phi) is 4.56. The fourth-order valence-electron chi connectivity index (χ4n) is 3.80. The van der Waals surface area contributed by atoms with Crippen molar-refractivity contribution in [1.82, 2.24) is 19.9 Å².